The highest BCUT2D eigenvalue weighted by atomic mass is 19.1. The molecule has 0 bridgehead atoms. The predicted molar refractivity (Wildman–Crippen MR) is 72.8 cm³/mol. The zero-order valence-corrected chi connectivity index (χ0v) is 10.4. The molecule has 0 heterocycles. The Bertz CT molecular complexity index is 620. The highest BCUT2D eigenvalue weighted by Crippen LogP contribution is 2.43. The quantitative estimate of drug-likeness (QED) is 0.883. The van der Waals surface area contributed by atoms with Crippen molar-refractivity contribution >= 4 is 11.6 Å². The van der Waals surface area contributed by atoms with E-state index in [9.17, 15) is 9.18 Å². The van der Waals surface area contributed by atoms with Gasteiger partial charge in [-0.15, -0.1) is 0 Å². The Kier molecular flexibility index (Phi) is 3.03. The minimum absolute atomic E-state index is 0.271. The van der Waals surface area contributed by atoms with Gasteiger partial charge in [-0.25, -0.2) is 4.39 Å². The van der Waals surface area contributed by atoms with E-state index in [1.165, 1.54) is 36.6 Å². The van der Waals surface area contributed by atoms with Crippen LogP contribution < -0.4 is 5.32 Å². The second kappa shape index (κ2) is 4.84. The van der Waals surface area contributed by atoms with Gasteiger partial charge in [0.05, 0.1) is 0 Å². The molecule has 1 aliphatic rings. The third kappa shape index (κ3) is 2.65. The van der Waals surface area contributed by atoms with Gasteiger partial charge in [0.25, 0.3) is 5.91 Å². The van der Waals surface area contributed by atoms with E-state index in [0.717, 1.165) is 5.69 Å². The van der Waals surface area contributed by atoms with Crippen LogP contribution >= 0.6 is 0 Å². The van der Waals surface area contributed by atoms with E-state index in [1.54, 1.807) is 6.07 Å². The highest BCUT2D eigenvalue weighted by molar-refractivity contribution is 6.04. The van der Waals surface area contributed by atoms with Crippen LogP contribution in [-0.2, 0) is 0 Å². The van der Waals surface area contributed by atoms with Crippen LogP contribution in [0.2, 0.25) is 0 Å². The van der Waals surface area contributed by atoms with Crippen molar-refractivity contribution in [1.29, 1.82) is 0 Å². The first-order valence-electron chi connectivity index (χ1n) is 6.40. The van der Waals surface area contributed by atoms with Crippen molar-refractivity contribution in [3.05, 3.63) is 65.5 Å². The van der Waals surface area contributed by atoms with Crippen LogP contribution in [0.3, 0.4) is 0 Å². The van der Waals surface area contributed by atoms with Crippen molar-refractivity contribution in [1.82, 2.24) is 0 Å². The molecule has 0 atom stereocenters. The maximum Gasteiger partial charge on any atom is 0.255 e. The number of hydrogen-bond acceptors (Lipinski definition) is 1. The lowest BCUT2D eigenvalue weighted by Gasteiger charge is -2.10. The van der Waals surface area contributed by atoms with Crippen LogP contribution in [-0.4, -0.2) is 5.91 Å². The number of amides is 1. The van der Waals surface area contributed by atoms with E-state index in [0.29, 0.717) is 11.5 Å². The fraction of sp³-hybridized carbons (Fsp3) is 0.188. The summed E-state index contributed by atoms with van der Waals surface area (Å²) in [6.07, 6.45) is 2.35. The van der Waals surface area contributed by atoms with Gasteiger partial charge in [0.15, 0.2) is 0 Å². The van der Waals surface area contributed by atoms with Gasteiger partial charge in [-0.1, -0.05) is 24.3 Å². The van der Waals surface area contributed by atoms with Gasteiger partial charge >= 0.3 is 0 Å². The van der Waals surface area contributed by atoms with Gasteiger partial charge in [0, 0.05) is 11.3 Å². The predicted octanol–water partition coefficient (Wildman–Crippen LogP) is 3.96. The molecule has 3 heteroatoms. The summed E-state index contributed by atoms with van der Waals surface area (Å²) in [4.78, 5) is 12.1. The number of hydrogen-bond donors (Lipinski definition) is 1. The third-order valence-electron chi connectivity index (χ3n) is 3.31. The molecule has 2 aromatic rings. The largest absolute Gasteiger partial charge is 0.322 e. The molecule has 1 N–H and O–H groups in total. The minimum atomic E-state index is -0.400. The average molecular weight is 255 g/mol. The van der Waals surface area contributed by atoms with E-state index in [4.69, 9.17) is 0 Å². The molecule has 1 saturated carbocycles. The zero-order chi connectivity index (χ0) is 13.2. The lowest BCUT2D eigenvalue weighted by molar-refractivity contribution is 0.102. The lowest BCUT2D eigenvalue weighted by atomic mass is 10.1. The van der Waals surface area contributed by atoms with Gasteiger partial charge in [0.2, 0.25) is 0 Å². The second-order valence-electron chi connectivity index (χ2n) is 4.83. The molecule has 1 amide bonds. The molecule has 0 spiro atoms. The Balaban J connectivity index is 1.83. The molecular formula is C16H14FNO. The van der Waals surface area contributed by atoms with Crippen molar-refractivity contribution in [2.45, 2.75) is 18.8 Å². The van der Waals surface area contributed by atoms with Crippen molar-refractivity contribution < 1.29 is 9.18 Å². The Morgan fingerprint density at radius 1 is 1.11 bits per heavy atom. The van der Waals surface area contributed by atoms with Gasteiger partial charge in [-0.3, -0.25) is 4.79 Å². The van der Waals surface area contributed by atoms with Crippen LogP contribution in [0.25, 0.3) is 0 Å². The summed E-state index contributed by atoms with van der Waals surface area (Å²) in [5.74, 6) is -0.111. The lowest BCUT2D eigenvalue weighted by Crippen LogP contribution is -2.13. The van der Waals surface area contributed by atoms with Gasteiger partial charge < -0.3 is 5.32 Å². The van der Waals surface area contributed by atoms with Gasteiger partial charge in [-0.2, -0.15) is 0 Å². The Labute approximate surface area is 111 Å². The van der Waals surface area contributed by atoms with E-state index in [-0.39, 0.29) is 5.91 Å². The van der Waals surface area contributed by atoms with Gasteiger partial charge in [0.1, 0.15) is 5.82 Å². The standard InChI is InChI=1S/C16H14FNO/c17-13-5-3-4-12(10-13)16(19)18-15-7-2-1-6-14(15)11-8-9-11/h1-7,10-11H,8-9H2,(H,18,19). The molecule has 0 radical (unpaired) electrons. The molecule has 0 unspecified atom stereocenters. The number of halogens is 1. The summed E-state index contributed by atoms with van der Waals surface area (Å²) in [5, 5.41) is 2.87. The summed E-state index contributed by atoms with van der Waals surface area (Å²) < 4.78 is 13.1. The molecule has 1 fully saturated rings. The number of para-hydroxylation sites is 1. The number of benzene rings is 2. The molecule has 0 aromatic heterocycles. The zero-order valence-electron chi connectivity index (χ0n) is 10.4. The molecule has 2 aromatic carbocycles. The van der Waals surface area contributed by atoms with E-state index in [1.807, 2.05) is 24.3 Å². The first-order valence-corrected chi connectivity index (χ1v) is 6.40. The molecule has 96 valence electrons. The van der Waals surface area contributed by atoms with E-state index >= 15 is 0 Å². The second-order valence-corrected chi connectivity index (χ2v) is 4.83. The molecule has 3 rings (SSSR count). The van der Waals surface area contributed by atoms with Crippen molar-refractivity contribution in [2.75, 3.05) is 5.32 Å². The Morgan fingerprint density at radius 2 is 1.89 bits per heavy atom. The molecular weight excluding hydrogens is 241 g/mol. The number of rotatable bonds is 3. The van der Waals surface area contributed by atoms with Crippen LogP contribution in [0.5, 0.6) is 0 Å². The van der Waals surface area contributed by atoms with E-state index in [2.05, 4.69) is 5.32 Å². The topological polar surface area (TPSA) is 29.1 Å². The number of carbonyl (C=O) groups excluding carboxylic acids is 1. The summed E-state index contributed by atoms with van der Waals surface area (Å²) in [5.41, 5.74) is 2.34. The Morgan fingerprint density at radius 3 is 2.63 bits per heavy atom. The van der Waals surface area contributed by atoms with Crippen molar-refractivity contribution in [2.24, 2.45) is 0 Å². The summed E-state index contributed by atoms with van der Waals surface area (Å²) >= 11 is 0. The summed E-state index contributed by atoms with van der Waals surface area (Å²) in [6, 6.07) is 13.5. The molecule has 19 heavy (non-hydrogen) atoms. The maximum absolute atomic E-state index is 13.1. The van der Waals surface area contributed by atoms with Gasteiger partial charge in [-0.05, 0) is 48.6 Å². The first kappa shape index (κ1) is 11.9. The Hall–Kier alpha value is -2.16. The van der Waals surface area contributed by atoms with Crippen LogP contribution in [0, 0.1) is 5.82 Å². The molecule has 0 saturated heterocycles. The SMILES string of the molecule is O=C(Nc1ccccc1C1CC1)c1cccc(F)c1. The average Bonchev–Trinajstić information content (AvgIpc) is 3.24. The third-order valence-corrected chi connectivity index (χ3v) is 3.31. The monoisotopic (exact) mass is 255 g/mol. The van der Waals surface area contributed by atoms with Crippen LogP contribution in [0.4, 0.5) is 10.1 Å². The minimum Gasteiger partial charge on any atom is -0.322 e. The normalized spacial score (nSPS) is 14.2. The first-order chi connectivity index (χ1) is 9.24. The molecule has 1 aliphatic carbocycles. The maximum atomic E-state index is 13.1. The smallest absolute Gasteiger partial charge is 0.255 e. The molecule has 0 aliphatic heterocycles. The highest BCUT2D eigenvalue weighted by Gasteiger charge is 2.26. The number of anilines is 1. The van der Waals surface area contributed by atoms with Crippen LogP contribution in [0.15, 0.2) is 48.5 Å². The molecule has 2 nitrogen and oxygen atoms in total. The van der Waals surface area contributed by atoms with Crippen LogP contribution in [0.1, 0.15) is 34.7 Å². The van der Waals surface area contributed by atoms with Crippen molar-refractivity contribution in [3.8, 4) is 0 Å². The fourth-order valence-electron chi connectivity index (χ4n) is 2.19. The van der Waals surface area contributed by atoms with E-state index < -0.39 is 5.82 Å². The number of carbonyl (C=O) groups is 1. The summed E-state index contributed by atoms with van der Waals surface area (Å²) in [6.45, 7) is 0. The fourth-order valence-corrected chi connectivity index (χ4v) is 2.19. The number of nitrogens with one attached hydrogen (secondary N) is 1. The van der Waals surface area contributed by atoms with Crippen molar-refractivity contribution in [3.63, 3.8) is 0 Å². The summed E-state index contributed by atoms with van der Waals surface area (Å²) in [7, 11) is 0.